The maximum Gasteiger partial charge on any atom is 0.222 e. The molecule has 4 atom stereocenters. The van der Waals surface area contributed by atoms with E-state index in [4.69, 9.17) is 4.42 Å². The molecular weight excluding hydrogens is 546 g/mol. The number of rotatable bonds is 12. The number of hydrogen-bond donors (Lipinski definition) is 0. The third kappa shape index (κ3) is 6.54. The van der Waals surface area contributed by atoms with E-state index < -0.39 is 10.8 Å². The van der Waals surface area contributed by atoms with Crippen molar-refractivity contribution in [1.82, 2.24) is 10.2 Å². The lowest BCUT2D eigenvalue weighted by Crippen LogP contribution is -2.55. The molecule has 0 unspecified atom stereocenters. The Kier molecular flexibility index (Phi) is 10.1. The maximum absolute atomic E-state index is 13.3. The van der Waals surface area contributed by atoms with Gasteiger partial charge in [-0.05, 0) is 80.1 Å². The number of aromatic nitrogens is 2. The Morgan fingerprint density at radius 1 is 1.07 bits per heavy atom. The van der Waals surface area contributed by atoms with E-state index in [0.29, 0.717) is 5.89 Å². The Hall–Kier alpha value is -2.55. The topological polar surface area (TPSA) is 96.8 Å². The van der Waals surface area contributed by atoms with Gasteiger partial charge in [-0.3, -0.25) is 9.59 Å². The SMILES string of the molecule is CCCC(C)(C)CC[C@@](C)(CCC(C)(C)[C@]1(C)CC[C@H]2C(C)(C)C(=O)C(C#N)=C[C@]2(C)/C1=C/C(C)=O)c1nnc(C(C)C)o1. The molecule has 1 aromatic heterocycles. The number of hydrogen-bond acceptors (Lipinski definition) is 6. The van der Waals surface area contributed by atoms with Crippen molar-refractivity contribution in [2.45, 2.75) is 153 Å². The van der Waals surface area contributed by atoms with Crippen LogP contribution in [0.3, 0.4) is 0 Å². The Labute approximate surface area is 267 Å². The Morgan fingerprint density at radius 2 is 1.68 bits per heavy atom. The average Bonchev–Trinajstić information content (AvgIpc) is 3.42. The molecule has 0 radical (unpaired) electrons. The summed E-state index contributed by atoms with van der Waals surface area (Å²) in [5.41, 5.74) is -0.623. The summed E-state index contributed by atoms with van der Waals surface area (Å²) >= 11 is 0. The Bertz CT molecular complexity index is 1350. The molecule has 0 aromatic carbocycles. The minimum absolute atomic E-state index is 0.000539. The van der Waals surface area contributed by atoms with Gasteiger partial charge in [0.25, 0.3) is 0 Å². The smallest absolute Gasteiger partial charge is 0.222 e. The van der Waals surface area contributed by atoms with Crippen LogP contribution in [-0.2, 0) is 15.0 Å². The molecule has 0 bridgehead atoms. The molecule has 2 aliphatic carbocycles. The highest BCUT2D eigenvalue weighted by Gasteiger charge is 2.61. The summed E-state index contributed by atoms with van der Waals surface area (Å²) in [6.07, 6.45) is 11.5. The van der Waals surface area contributed by atoms with Crippen LogP contribution in [0.2, 0.25) is 0 Å². The summed E-state index contributed by atoms with van der Waals surface area (Å²) in [5, 5.41) is 19.0. The standard InChI is InChI=1S/C38H59N3O3/c1-14-16-33(5,6)18-20-36(11,32-41-40-31(44-32)25(2)3)21-19-34(7,8)38(13)17-15-28-35(9,10)30(43)27(24-39)23-37(28,12)29(38)22-26(4)42/h22-23,25,28H,14-21H2,1-13H3/b29-22-/t28-,36-,37-,38+/m0/s1. The van der Waals surface area contributed by atoms with Crippen molar-refractivity contribution in [1.29, 1.82) is 5.26 Å². The lowest BCUT2D eigenvalue weighted by Gasteiger charge is -2.61. The molecule has 1 heterocycles. The first-order chi connectivity index (χ1) is 20.1. The third-order valence-corrected chi connectivity index (χ3v) is 12.0. The van der Waals surface area contributed by atoms with Gasteiger partial charge in [-0.2, -0.15) is 5.26 Å². The van der Waals surface area contributed by atoms with Crippen molar-refractivity contribution in [2.75, 3.05) is 0 Å². The number of nitriles is 1. The van der Waals surface area contributed by atoms with Crippen LogP contribution in [0.15, 0.2) is 27.7 Å². The molecule has 0 aliphatic heterocycles. The largest absolute Gasteiger partial charge is 0.424 e. The van der Waals surface area contributed by atoms with Crippen LogP contribution in [0.1, 0.15) is 159 Å². The third-order valence-electron chi connectivity index (χ3n) is 12.0. The second kappa shape index (κ2) is 12.3. The van der Waals surface area contributed by atoms with Crippen molar-refractivity contribution in [3.63, 3.8) is 0 Å². The monoisotopic (exact) mass is 605 g/mol. The van der Waals surface area contributed by atoms with Gasteiger partial charge in [0.05, 0.1) is 5.57 Å². The molecule has 2 aliphatic rings. The normalized spacial score (nSPS) is 27.9. The predicted molar refractivity (Wildman–Crippen MR) is 177 cm³/mol. The summed E-state index contributed by atoms with van der Waals surface area (Å²) in [4.78, 5) is 26.2. The van der Waals surface area contributed by atoms with Gasteiger partial charge in [0.1, 0.15) is 6.07 Å². The zero-order valence-corrected chi connectivity index (χ0v) is 30.0. The molecule has 0 N–H and O–H groups in total. The first-order valence-corrected chi connectivity index (χ1v) is 16.8. The average molecular weight is 606 g/mol. The van der Waals surface area contributed by atoms with Crippen molar-refractivity contribution in [3.8, 4) is 6.07 Å². The van der Waals surface area contributed by atoms with Gasteiger partial charge in [0.2, 0.25) is 11.8 Å². The lowest BCUT2D eigenvalue weighted by atomic mass is 9.42. The van der Waals surface area contributed by atoms with Crippen molar-refractivity contribution in [3.05, 3.63) is 35.1 Å². The fourth-order valence-electron chi connectivity index (χ4n) is 8.44. The van der Waals surface area contributed by atoms with Gasteiger partial charge in [-0.15, -0.1) is 10.2 Å². The molecule has 6 nitrogen and oxygen atoms in total. The summed E-state index contributed by atoms with van der Waals surface area (Å²) in [7, 11) is 0. The summed E-state index contributed by atoms with van der Waals surface area (Å²) in [6.45, 7) is 28.1. The molecule has 1 aromatic rings. The second-order valence-corrected chi connectivity index (χ2v) is 17.1. The molecule has 1 saturated carbocycles. The highest BCUT2D eigenvalue weighted by Crippen LogP contribution is 2.67. The van der Waals surface area contributed by atoms with Crippen molar-refractivity contribution < 1.29 is 14.0 Å². The fourth-order valence-corrected chi connectivity index (χ4v) is 8.44. The summed E-state index contributed by atoms with van der Waals surface area (Å²) in [5.74, 6) is 1.49. The van der Waals surface area contributed by atoms with Crippen LogP contribution in [0.5, 0.6) is 0 Å². The van der Waals surface area contributed by atoms with Crippen LogP contribution >= 0.6 is 0 Å². The zero-order chi connectivity index (χ0) is 33.5. The van der Waals surface area contributed by atoms with E-state index in [0.717, 1.165) is 56.4 Å². The number of carbonyl (C=O) groups excluding carboxylic acids is 2. The van der Waals surface area contributed by atoms with Gasteiger partial charge in [-0.25, -0.2) is 0 Å². The quantitative estimate of drug-likeness (QED) is 0.220. The van der Waals surface area contributed by atoms with Gasteiger partial charge < -0.3 is 4.42 Å². The van der Waals surface area contributed by atoms with Crippen LogP contribution in [-0.4, -0.2) is 21.8 Å². The number of carbonyl (C=O) groups is 2. The van der Waals surface area contributed by atoms with E-state index in [1.54, 1.807) is 6.92 Å². The maximum atomic E-state index is 13.3. The highest BCUT2D eigenvalue weighted by atomic mass is 16.4. The minimum atomic E-state index is -0.689. The van der Waals surface area contributed by atoms with Gasteiger partial charge in [-0.1, -0.05) is 101 Å². The van der Waals surface area contributed by atoms with E-state index in [1.807, 2.05) is 26.0 Å². The number of fused-ring (bicyclic) bond motifs is 1. The Morgan fingerprint density at radius 3 is 2.20 bits per heavy atom. The van der Waals surface area contributed by atoms with Crippen LogP contribution in [0.25, 0.3) is 0 Å². The predicted octanol–water partition coefficient (Wildman–Crippen LogP) is 9.86. The van der Waals surface area contributed by atoms with Gasteiger partial charge >= 0.3 is 0 Å². The second-order valence-electron chi connectivity index (χ2n) is 17.1. The van der Waals surface area contributed by atoms with E-state index in [1.165, 1.54) is 6.42 Å². The van der Waals surface area contributed by atoms with Gasteiger partial charge in [0, 0.05) is 22.2 Å². The van der Waals surface area contributed by atoms with E-state index in [9.17, 15) is 14.9 Å². The number of Topliss-reactive ketones (excluding diaryl/α,β-unsaturated/α-hetero) is 1. The van der Waals surface area contributed by atoms with Crippen LogP contribution in [0.4, 0.5) is 0 Å². The lowest BCUT2D eigenvalue weighted by molar-refractivity contribution is -0.131. The molecule has 6 heteroatoms. The van der Waals surface area contributed by atoms with E-state index >= 15 is 0 Å². The Balaban J connectivity index is 2.06. The minimum Gasteiger partial charge on any atom is -0.424 e. The fraction of sp³-hybridized carbons (Fsp3) is 0.763. The first kappa shape index (κ1) is 35.9. The molecule has 0 saturated heterocycles. The number of nitrogens with zero attached hydrogens (tertiary/aromatic N) is 3. The number of allylic oxidation sites excluding steroid dienone is 4. The molecule has 1 fully saturated rings. The zero-order valence-electron chi connectivity index (χ0n) is 30.0. The van der Waals surface area contributed by atoms with Crippen molar-refractivity contribution >= 4 is 11.6 Å². The summed E-state index contributed by atoms with van der Waals surface area (Å²) in [6, 6.07) is 2.19. The van der Waals surface area contributed by atoms with Crippen LogP contribution < -0.4 is 0 Å². The van der Waals surface area contributed by atoms with Crippen LogP contribution in [0, 0.1) is 44.3 Å². The molecule has 244 valence electrons. The van der Waals surface area contributed by atoms with Gasteiger partial charge in [0.15, 0.2) is 11.6 Å². The molecule has 44 heavy (non-hydrogen) atoms. The van der Waals surface area contributed by atoms with Crippen molar-refractivity contribution in [2.24, 2.45) is 33.0 Å². The molecule has 3 rings (SSSR count). The first-order valence-electron chi connectivity index (χ1n) is 16.8. The van der Waals surface area contributed by atoms with E-state index in [2.05, 4.69) is 85.5 Å². The molecule has 0 spiro atoms. The molecular formula is C38H59N3O3. The summed E-state index contributed by atoms with van der Waals surface area (Å²) < 4.78 is 6.34. The highest BCUT2D eigenvalue weighted by molar-refractivity contribution is 6.04. The number of ketones is 2. The van der Waals surface area contributed by atoms with E-state index in [-0.39, 0.29) is 50.6 Å². The molecule has 0 amide bonds.